The Hall–Kier alpha value is -0.560. The molecule has 0 aromatic carbocycles. The molecule has 1 aliphatic rings. The van der Waals surface area contributed by atoms with E-state index in [1.807, 2.05) is 11.6 Å². The molecule has 120 valence electrons. The van der Waals surface area contributed by atoms with Gasteiger partial charge in [-0.15, -0.1) is 0 Å². The molecule has 2 N–H and O–H groups in total. The van der Waals surface area contributed by atoms with Crippen LogP contribution < -0.4 is 5.73 Å². The van der Waals surface area contributed by atoms with Gasteiger partial charge in [0.1, 0.15) is 0 Å². The predicted molar refractivity (Wildman–Crippen MR) is 78.6 cm³/mol. The zero-order chi connectivity index (χ0) is 15.6. The number of hydrogen-bond acceptors (Lipinski definition) is 2. The molecule has 7 heteroatoms. The highest BCUT2D eigenvalue weighted by Crippen LogP contribution is 2.44. The van der Waals surface area contributed by atoms with Crippen molar-refractivity contribution in [1.82, 2.24) is 9.78 Å². The molecule has 0 bridgehead atoms. The van der Waals surface area contributed by atoms with Gasteiger partial charge in [0, 0.05) is 6.54 Å². The minimum Gasteiger partial charge on any atom is -0.322 e. The van der Waals surface area contributed by atoms with E-state index < -0.39 is 18.1 Å². The number of rotatable bonds is 4. The lowest BCUT2D eigenvalue weighted by atomic mass is 9.77. The average molecular weight is 368 g/mol. The number of alkyl halides is 3. The van der Waals surface area contributed by atoms with Crippen molar-refractivity contribution in [3.8, 4) is 0 Å². The van der Waals surface area contributed by atoms with E-state index in [9.17, 15) is 13.2 Å². The van der Waals surface area contributed by atoms with Crippen LogP contribution in [0.5, 0.6) is 0 Å². The fraction of sp³-hybridized carbons (Fsp3) is 0.786. The summed E-state index contributed by atoms with van der Waals surface area (Å²) in [6, 6.07) is -0.404. The largest absolute Gasteiger partial charge is 0.391 e. The van der Waals surface area contributed by atoms with E-state index in [-0.39, 0.29) is 18.8 Å². The van der Waals surface area contributed by atoms with Gasteiger partial charge in [-0.05, 0) is 47.5 Å². The molecule has 3 unspecified atom stereocenters. The summed E-state index contributed by atoms with van der Waals surface area (Å²) in [5, 5.41) is 4.26. The van der Waals surface area contributed by atoms with Gasteiger partial charge in [-0.3, -0.25) is 4.68 Å². The first kappa shape index (κ1) is 16.8. The average Bonchev–Trinajstić information content (AvgIpc) is 2.79. The third kappa shape index (κ3) is 3.80. The second kappa shape index (κ2) is 6.69. The fourth-order valence-corrected chi connectivity index (χ4v) is 3.73. The monoisotopic (exact) mass is 367 g/mol. The third-order valence-electron chi connectivity index (χ3n) is 4.27. The first-order valence-corrected chi connectivity index (χ1v) is 8.17. The minimum absolute atomic E-state index is 0.119. The molecular formula is C14H21BrF3N3. The third-order valence-corrected chi connectivity index (χ3v) is 4.88. The molecule has 1 saturated carbocycles. The van der Waals surface area contributed by atoms with Gasteiger partial charge in [0.15, 0.2) is 0 Å². The minimum atomic E-state index is -4.11. The fourth-order valence-electron chi connectivity index (χ4n) is 3.17. The summed E-state index contributed by atoms with van der Waals surface area (Å²) in [7, 11) is 0. The van der Waals surface area contributed by atoms with Gasteiger partial charge in [-0.25, -0.2) is 0 Å². The Morgan fingerprint density at radius 1 is 1.48 bits per heavy atom. The zero-order valence-corrected chi connectivity index (χ0v) is 13.6. The molecule has 0 saturated heterocycles. The molecule has 2 rings (SSSR count). The molecule has 0 amide bonds. The van der Waals surface area contributed by atoms with Crippen LogP contribution in [0.3, 0.4) is 0 Å². The molecule has 0 radical (unpaired) electrons. The lowest BCUT2D eigenvalue weighted by Crippen LogP contribution is -2.34. The normalized spacial score (nSPS) is 25.0. The summed E-state index contributed by atoms with van der Waals surface area (Å²) >= 11 is 3.42. The van der Waals surface area contributed by atoms with E-state index in [0.29, 0.717) is 6.42 Å². The summed E-state index contributed by atoms with van der Waals surface area (Å²) in [4.78, 5) is 0. The van der Waals surface area contributed by atoms with Crippen molar-refractivity contribution in [2.45, 2.75) is 57.8 Å². The zero-order valence-electron chi connectivity index (χ0n) is 12.0. The topological polar surface area (TPSA) is 43.8 Å². The maximum absolute atomic E-state index is 12.9. The number of halogens is 4. The van der Waals surface area contributed by atoms with Crippen molar-refractivity contribution in [3.63, 3.8) is 0 Å². The van der Waals surface area contributed by atoms with Crippen molar-refractivity contribution in [3.05, 3.63) is 16.4 Å². The van der Waals surface area contributed by atoms with Crippen LogP contribution in [0.2, 0.25) is 0 Å². The molecule has 3 nitrogen and oxygen atoms in total. The first-order chi connectivity index (χ1) is 9.84. The predicted octanol–water partition coefficient (Wildman–Crippen LogP) is 4.42. The van der Waals surface area contributed by atoms with E-state index in [0.717, 1.165) is 29.6 Å². The van der Waals surface area contributed by atoms with Crippen LogP contribution in [0, 0.1) is 11.8 Å². The van der Waals surface area contributed by atoms with E-state index in [4.69, 9.17) is 5.73 Å². The maximum atomic E-state index is 12.9. The number of hydrogen-bond donors (Lipinski definition) is 1. The molecule has 21 heavy (non-hydrogen) atoms. The molecule has 1 aliphatic carbocycles. The van der Waals surface area contributed by atoms with Gasteiger partial charge in [-0.1, -0.05) is 13.3 Å². The van der Waals surface area contributed by atoms with Gasteiger partial charge < -0.3 is 5.73 Å². The van der Waals surface area contributed by atoms with Crippen molar-refractivity contribution in [2.24, 2.45) is 17.6 Å². The smallest absolute Gasteiger partial charge is 0.322 e. The van der Waals surface area contributed by atoms with E-state index >= 15 is 0 Å². The van der Waals surface area contributed by atoms with E-state index in [1.165, 1.54) is 0 Å². The first-order valence-electron chi connectivity index (χ1n) is 7.38. The van der Waals surface area contributed by atoms with Crippen LogP contribution in [0.4, 0.5) is 13.2 Å². The highest BCUT2D eigenvalue weighted by atomic mass is 79.9. The second-order valence-corrected chi connectivity index (χ2v) is 6.65. The molecule has 0 aliphatic heterocycles. The van der Waals surface area contributed by atoms with Crippen molar-refractivity contribution in [1.29, 1.82) is 0 Å². The van der Waals surface area contributed by atoms with Crippen molar-refractivity contribution >= 4 is 15.9 Å². The summed E-state index contributed by atoms with van der Waals surface area (Å²) in [5.74, 6) is -1.36. The Morgan fingerprint density at radius 3 is 2.81 bits per heavy atom. The summed E-state index contributed by atoms with van der Waals surface area (Å²) < 4.78 is 41.4. The number of aryl methyl sites for hydroxylation is 1. The Bertz CT molecular complexity index is 473. The van der Waals surface area contributed by atoms with Crippen LogP contribution in [0.1, 0.15) is 50.8 Å². The summed E-state index contributed by atoms with van der Waals surface area (Å²) in [6.07, 6.45) is 0.147. The molecule has 1 aromatic heterocycles. The molecule has 0 spiro atoms. The lowest BCUT2D eigenvalue weighted by Gasteiger charge is -2.34. The standard InChI is InChI=1S/C14H21BrF3N3/c1-2-6-21-13(11(15)8-20-21)12(19)9-4-3-5-10(7-9)14(16,17)18/h8-10,12H,2-7,19H2,1H3. The second-order valence-electron chi connectivity index (χ2n) is 5.79. The van der Waals surface area contributed by atoms with Crippen LogP contribution >= 0.6 is 15.9 Å². The maximum Gasteiger partial charge on any atom is 0.391 e. The Balaban J connectivity index is 2.16. The van der Waals surface area contributed by atoms with E-state index in [2.05, 4.69) is 21.0 Å². The lowest BCUT2D eigenvalue weighted by molar-refractivity contribution is -0.186. The highest BCUT2D eigenvalue weighted by molar-refractivity contribution is 9.10. The van der Waals surface area contributed by atoms with E-state index in [1.54, 1.807) is 6.20 Å². The molecule has 1 fully saturated rings. The van der Waals surface area contributed by atoms with Gasteiger partial charge in [0.05, 0.1) is 28.3 Å². The van der Waals surface area contributed by atoms with Gasteiger partial charge in [0.2, 0.25) is 0 Å². The number of aromatic nitrogens is 2. The Morgan fingerprint density at radius 2 is 2.19 bits per heavy atom. The van der Waals surface area contributed by atoms with Gasteiger partial charge in [-0.2, -0.15) is 18.3 Å². The molecular weight excluding hydrogens is 347 g/mol. The molecule has 1 aromatic rings. The number of nitrogens with zero attached hydrogens (tertiary/aromatic N) is 2. The van der Waals surface area contributed by atoms with Crippen molar-refractivity contribution in [2.75, 3.05) is 0 Å². The van der Waals surface area contributed by atoms with Gasteiger partial charge >= 0.3 is 6.18 Å². The Kier molecular flexibility index (Phi) is 5.35. The highest BCUT2D eigenvalue weighted by Gasteiger charge is 2.43. The van der Waals surface area contributed by atoms with Crippen LogP contribution in [-0.2, 0) is 6.54 Å². The van der Waals surface area contributed by atoms with Crippen LogP contribution in [-0.4, -0.2) is 16.0 Å². The number of nitrogens with two attached hydrogens (primary N) is 1. The molecule has 3 atom stereocenters. The van der Waals surface area contributed by atoms with Crippen molar-refractivity contribution < 1.29 is 13.2 Å². The quantitative estimate of drug-likeness (QED) is 0.855. The summed E-state index contributed by atoms with van der Waals surface area (Å²) in [6.45, 7) is 2.76. The Labute approximate surface area is 131 Å². The van der Waals surface area contributed by atoms with Gasteiger partial charge in [0.25, 0.3) is 0 Å². The molecule has 1 heterocycles. The SMILES string of the molecule is CCCn1ncc(Br)c1C(N)C1CCCC(C(F)(F)F)C1. The van der Waals surface area contributed by atoms with Crippen LogP contribution in [0.15, 0.2) is 10.7 Å². The summed E-state index contributed by atoms with van der Waals surface area (Å²) in [5.41, 5.74) is 7.12. The van der Waals surface area contributed by atoms with Crippen LogP contribution in [0.25, 0.3) is 0 Å².